The number of benzene rings is 4. The molecule has 0 heterocycles. The summed E-state index contributed by atoms with van der Waals surface area (Å²) in [6.07, 6.45) is 1.71. The van der Waals surface area contributed by atoms with E-state index in [1.54, 1.807) is 18.3 Å². The van der Waals surface area contributed by atoms with Crippen LogP contribution in [0.5, 0.6) is 0 Å². The summed E-state index contributed by atoms with van der Waals surface area (Å²) >= 11 is 0. The molecule has 0 unspecified atom stereocenters. The van der Waals surface area contributed by atoms with Crippen LogP contribution in [-0.2, 0) is 0 Å². The molecule has 0 aliphatic heterocycles. The van der Waals surface area contributed by atoms with Crippen LogP contribution in [0.1, 0.15) is 5.56 Å². The molecule has 0 aromatic heterocycles. The number of hydrazone groups is 1. The zero-order valence-corrected chi connectivity index (χ0v) is 16.6. The Balaban J connectivity index is 1.50. The van der Waals surface area contributed by atoms with Crippen molar-refractivity contribution >= 4 is 34.7 Å². The monoisotopic (exact) mass is 408 g/mol. The molecule has 1 N–H and O–H groups in total. The normalized spacial score (nSPS) is 10.7. The molecule has 0 spiro atoms. The maximum absolute atomic E-state index is 10.7. The van der Waals surface area contributed by atoms with Crippen LogP contribution in [0.25, 0.3) is 0 Å². The van der Waals surface area contributed by atoms with Crippen LogP contribution >= 0.6 is 0 Å². The number of nitro benzene ring substituents is 1. The maximum Gasteiger partial charge on any atom is 0.269 e. The summed E-state index contributed by atoms with van der Waals surface area (Å²) in [7, 11) is 0. The van der Waals surface area contributed by atoms with E-state index >= 15 is 0 Å². The minimum absolute atomic E-state index is 0.0477. The molecule has 6 nitrogen and oxygen atoms in total. The first-order valence-electron chi connectivity index (χ1n) is 9.74. The van der Waals surface area contributed by atoms with E-state index in [0.29, 0.717) is 5.69 Å². The van der Waals surface area contributed by atoms with Crippen LogP contribution < -0.4 is 10.3 Å². The van der Waals surface area contributed by atoms with Crippen molar-refractivity contribution in [3.63, 3.8) is 0 Å². The molecular formula is C25H20N4O2. The molecule has 6 heteroatoms. The Morgan fingerprint density at radius 1 is 0.710 bits per heavy atom. The van der Waals surface area contributed by atoms with E-state index in [1.165, 1.54) is 12.1 Å². The summed E-state index contributed by atoms with van der Waals surface area (Å²) in [4.78, 5) is 12.5. The van der Waals surface area contributed by atoms with Gasteiger partial charge in [0, 0.05) is 29.2 Å². The Bertz CT molecular complexity index is 1120. The van der Waals surface area contributed by atoms with Gasteiger partial charge in [0.25, 0.3) is 5.69 Å². The Hall–Kier alpha value is -4.45. The quantitative estimate of drug-likeness (QED) is 0.215. The van der Waals surface area contributed by atoms with E-state index in [4.69, 9.17) is 0 Å². The van der Waals surface area contributed by atoms with Crippen molar-refractivity contribution in [1.29, 1.82) is 0 Å². The van der Waals surface area contributed by atoms with Gasteiger partial charge in [-0.2, -0.15) is 5.10 Å². The third kappa shape index (κ3) is 4.94. The second kappa shape index (κ2) is 9.37. The fourth-order valence-electron chi connectivity index (χ4n) is 3.15. The Morgan fingerprint density at radius 2 is 1.23 bits per heavy atom. The van der Waals surface area contributed by atoms with Gasteiger partial charge >= 0.3 is 0 Å². The van der Waals surface area contributed by atoms with Gasteiger partial charge in [-0.05, 0) is 54.1 Å². The summed E-state index contributed by atoms with van der Waals surface area (Å²) in [6.45, 7) is 0. The lowest BCUT2D eigenvalue weighted by Gasteiger charge is -2.25. The van der Waals surface area contributed by atoms with E-state index in [2.05, 4.69) is 39.7 Å². The minimum Gasteiger partial charge on any atom is -0.311 e. The van der Waals surface area contributed by atoms with Crippen molar-refractivity contribution in [3.05, 3.63) is 125 Å². The summed E-state index contributed by atoms with van der Waals surface area (Å²) in [6, 6.07) is 34.6. The number of nitrogens with one attached hydrogen (secondary N) is 1. The summed E-state index contributed by atoms with van der Waals surface area (Å²) in [5, 5.41) is 14.9. The van der Waals surface area contributed by atoms with E-state index in [1.807, 2.05) is 60.7 Å². The number of para-hydroxylation sites is 2. The highest BCUT2D eigenvalue weighted by atomic mass is 16.6. The number of non-ortho nitro benzene ring substituents is 1. The second-order valence-corrected chi connectivity index (χ2v) is 6.77. The standard InChI is InChI=1S/C25H20N4O2/c30-29(31)25-17-13-21(14-18-25)27-26-19-20-11-15-24(16-12-20)28(22-7-3-1-4-8-22)23-9-5-2-6-10-23/h1-19,27H/b26-19-. The Morgan fingerprint density at radius 3 is 1.74 bits per heavy atom. The van der Waals surface area contributed by atoms with Crippen molar-refractivity contribution < 1.29 is 4.92 Å². The van der Waals surface area contributed by atoms with Crippen LogP contribution in [0.4, 0.5) is 28.4 Å². The van der Waals surface area contributed by atoms with Crippen LogP contribution in [0, 0.1) is 10.1 Å². The lowest BCUT2D eigenvalue weighted by molar-refractivity contribution is -0.384. The number of nitro groups is 1. The first kappa shape index (κ1) is 19.8. The summed E-state index contributed by atoms with van der Waals surface area (Å²) in [5.41, 5.74) is 7.74. The van der Waals surface area contributed by atoms with Crippen molar-refractivity contribution in [2.75, 3.05) is 10.3 Å². The maximum atomic E-state index is 10.7. The molecular weight excluding hydrogens is 388 g/mol. The number of anilines is 4. The van der Waals surface area contributed by atoms with E-state index in [9.17, 15) is 10.1 Å². The van der Waals surface area contributed by atoms with Gasteiger partial charge in [0.1, 0.15) is 0 Å². The smallest absolute Gasteiger partial charge is 0.269 e. The van der Waals surface area contributed by atoms with E-state index in [-0.39, 0.29) is 5.69 Å². The van der Waals surface area contributed by atoms with Gasteiger partial charge in [-0.25, -0.2) is 0 Å². The molecule has 0 atom stereocenters. The average Bonchev–Trinajstić information content (AvgIpc) is 2.82. The molecule has 152 valence electrons. The molecule has 0 bridgehead atoms. The number of nitrogens with zero attached hydrogens (tertiary/aromatic N) is 3. The van der Waals surface area contributed by atoms with E-state index in [0.717, 1.165) is 22.6 Å². The van der Waals surface area contributed by atoms with Gasteiger partial charge < -0.3 is 4.90 Å². The molecule has 0 saturated heterocycles. The first-order valence-corrected chi connectivity index (χ1v) is 9.74. The lowest BCUT2D eigenvalue weighted by Crippen LogP contribution is -2.09. The SMILES string of the molecule is O=[N+]([O-])c1ccc(N/N=C\c2ccc(N(c3ccccc3)c3ccccc3)cc2)cc1. The molecule has 31 heavy (non-hydrogen) atoms. The molecule has 0 amide bonds. The number of hydrogen-bond acceptors (Lipinski definition) is 5. The van der Waals surface area contributed by atoms with Crippen LogP contribution in [0.15, 0.2) is 114 Å². The van der Waals surface area contributed by atoms with Gasteiger partial charge in [-0.1, -0.05) is 48.5 Å². The van der Waals surface area contributed by atoms with Crippen molar-refractivity contribution in [2.45, 2.75) is 0 Å². The fourth-order valence-corrected chi connectivity index (χ4v) is 3.15. The molecule has 4 aromatic rings. The van der Waals surface area contributed by atoms with Gasteiger partial charge in [-0.15, -0.1) is 0 Å². The van der Waals surface area contributed by atoms with Crippen LogP contribution in [0.3, 0.4) is 0 Å². The van der Waals surface area contributed by atoms with Gasteiger partial charge in [0.15, 0.2) is 0 Å². The topological polar surface area (TPSA) is 70.8 Å². The lowest BCUT2D eigenvalue weighted by atomic mass is 10.1. The molecule has 0 radical (unpaired) electrons. The summed E-state index contributed by atoms with van der Waals surface area (Å²) in [5.74, 6) is 0. The van der Waals surface area contributed by atoms with Gasteiger partial charge in [0.05, 0.1) is 16.8 Å². The molecule has 4 rings (SSSR count). The average molecular weight is 408 g/mol. The van der Waals surface area contributed by atoms with Gasteiger partial charge in [0.2, 0.25) is 0 Å². The fraction of sp³-hybridized carbons (Fsp3) is 0. The molecule has 0 saturated carbocycles. The highest BCUT2D eigenvalue weighted by Crippen LogP contribution is 2.33. The zero-order valence-electron chi connectivity index (χ0n) is 16.6. The van der Waals surface area contributed by atoms with E-state index < -0.39 is 4.92 Å². The van der Waals surface area contributed by atoms with Crippen LogP contribution in [0.2, 0.25) is 0 Å². The zero-order chi connectivity index (χ0) is 21.5. The molecule has 0 aliphatic rings. The van der Waals surface area contributed by atoms with Gasteiger partial charge in [-0.3, -0.25) is 15.5 Å². The predicted molar refractivity (Wildman–Crippen MR) is 125 cm³/mol. The second-order valence-electron chi connectivity index (χ2n) is 6.77. The Labute approximate surface area is 180 Å². The van der Waals surface area contributed by atoms with Crippen molar-refractivity contribution in [3.8, 4) is 0 Å². The third-order valence-corrected chi connectivity index (χ3v) is 4.67. The minimum atomic E-state index is -0.428. The number of rotatable bonds is 7. The van der Waals surface area contributed by atoms with Crippen LogP contribution in [-0.4, -0.2) is 11.1 Å². The van der Waals surface area contributed by atoms with Crippen molar-refractivity contribution in [2.24, 2.45) is 5.10 Å². The molecule has 4 aromatic carbocycles. The largest absolute Gasteiger partial charge is 0.311 e. The molecule has 0 aliphatic carbocycles. The van der Waals surface area contributed by atoms with Crippen molar-refractivity contribution in [1.82, 2.24) is 0 Å². The number of hydrogen-bond donors (Lipinski definition) is 1. The highest BCUT2D eigenvalue weighted by Gasteiger charge is 2.11. The predicted octanol–water partition coefficient (Wildman–Crippen LogP) is 6.51. The first-order chi connectivity index (χ1) is 15.2. The Kier molecular flexibility index (Phi) is 6.00. The highest BCUT2D eigenvalue weighted by molar-refractivity contribution is 5.83. The molecule has 0 fully saturated rings. The third-order valence-electron chi connectivity index (χ3n) is 4.67. The summed E-state index contributed by atoms with van der Waals surface area (Å²) < 4.78 is 0.